The van der Waals surface area contributed by atoms with Gasteiger partial charge in [0.05, 0.1) is 11.3 Å². The van der Waals surface area contributed by atoms with Gasteiger partial charge in [0.15, 0.2) is 0 Å². The first-order valence-corrected chi connectivity index (χ1v) is 6.59. The highest BCUT2D eigenvalue weighted by molar-refractivity contribution is 5.88. The molecule has 0 spiro atoms. The molecule has 100 valence electrons. The molecule has 4 rings (SSSR count). The summed E-state index contributed by atoms with van der Waals surface area (Å²) in [7, 11) is 0. The molecule has 4 heteroatoms. The number of allylic oxidation sites excluding steroid dienone is 6. The first-order valence-electron chi connectivity index (χ1n) is 6.59. The molecule has 0 aromatic heterocycles. The summed E-state index contributed by atoms with van der Waals surface area (Å²) in [6.45, 7) is 0.999. The topological polar surface area (TPSA) is 49.8 Å². The summed E-state index contributed by atoms with van der Waals surface area (Å²) < 4.78 is 5.73. The molecule has 1 aliphatic carbocycles. The minimum atomic E-state index is -0.908. The Hall–Kier alpha value is -2.49. The maximum atomic E-state index is 11.1. The molecule has 20 heavy (non-hydrogen) atoms. The summed E-state index contributed by atoms with van der Waals surface area (Å²) in [4.78, 5) is 13.3. The second-order valence-corrected chi connectivity index (χ2v) is 5.14. The van der Waals surface area contributed by atoms with Gasteiger partial charge in [-0.1, -0.05) is 12.2 Å². The van der Waals surface area contributed by atoms with Crippen LogP contribution < -0.4 is 0 Å². The molecule has 0 aromatic carbocycles. The number of carbonyl (C=O) groups is 1. The van der Waals surface area contributed by atoms with Crippen LogP contribution in [0.5, 0.6) is 0 Å². The summed E-state index contributed by atoms with van der Waals surface area (Å²) in [5, 5.41) is 9.11. The predicted molar refractivity (Wildman–Crippen MR) is 73.4 cm³/mol. The monoisotopic (exact) mass is 267 g/mol. The molecule has 0 radical (unpaired) electrons. The highest BCUT2D eigenvalue weighted by Gasteiger charge is 2.32. The van der Waals surface area contributed by atoms with Gasteiger partial charge in [0.1, 0.15) is 12.4 Å². The zero-order valence-corrected chi connectivity index (χ0v) is 10.8. The van der Waals surface area contributed by atoms with Gasteiger partial charge in [-0.3, -0.25) is 0 Å². The van der Waals surface area contributed by atoms with Crippen molar-refractivity contribution in [3.63, 3.8) is 0 Å². The van der Waals surface area contributed by atoms with E-state index in [4.69, 9.17) is 9.84 Å². The largest absolute Gasteiger partial charge is 0.488 e. The molecule has 0 unspecified atom stereocenters. The normalized spacial score (nSPS) is 22.9. The van der Waals surface area contributed by atoms with Crippen molar-refractivity contribution in [3.05, 3.63) is 70.3 Å². The van der Waals surface area contributed by atoms with Crippen LogP contribution in [0, 0.1) is 0 Å². The number of carboxylic acid groups (broad SMARTS) is 1. The zero-order chi connectivity index (χ0) is 13.7. The lowest BCUT2D eigenvalue weighted by Gasteiger charge is -2.37. The molecular weight excluding hydrogens is 254 g/mol. The molecular formula is C16H13NO3. The lowest BCUT2D eigenvalue weighted by molar-refractivity contribution is -0.133. The minimum absolute atomic E-state index is 0.133. The summed E-state index contributed by atoms with van der Waals surface area (Å²) in [6, 6.07) is 0. The summed E-state index contributed by atoms with van der Waals surface area (Å²) in [5.74, 6) is -0.0759. The smallest absolute Gasteiger partial charge is 0.335 e. The van der Waals surface area contributed by atoms with E-state index in [1.807, 2.05) is 12.2 Å². The molecule has 0 saturated carbocycles. The van der Waals surface area contributed by atoms with Crippen LogP contribution in [0.15, 0.2) is 70.3 Å². The molecule has 0 atom stereocenters. The second-order valence-electron chi connectivity index (χ2n) is 5.14. The van der Waals surface area contributed by atoms with Crippen LogP contribution in [0.4, 0.5) is 0 Å². The molecule has 0 amide bonds. The Kier molecular flexibility index (Phi) is 2.27. The van der Waals surface area contributed by atoms with E-state index in [9.17, 15) is 4.79 Å². The van der Waals surface area contributed by atoms with Gasteiger partial charge in [-0.25, -0.2) is 4.79 Å². The van der Waals surface area contributed by atoms with E-state index in [1.54, 1.807) is 6.08 Å². The average Bonchev–Trinajstić information content (AvgIpc) is 2.47. The van der Waals surface area contributed by atoms with Crippen LogP contribution in [0.25, 0.3) is 0 Å². The fourth-order valence-corrected chi connectivity index (χ4v) is 3.05. The van der Waals surface area contributed by atoms with Gasteiger partial charge < -0.3 is 14.7 Å². The minimum Gasteiger partial charge on any atom is -0.488 e. The number of hydrogen-bond donors (Lipinski definition) is 1. The van der Waals surface area contributed by atoms with Crippen molar-refractivity contribution in [1.82, 2.24) is 4.90 Å². The van der Waals surface area contributed by atoms with Gasteiger partial charge in [0.25, 0.3) is 0 Å². The van der Waals surface area contributed by atoms with Crippen LogP contribution in [0.1, 0.15) is 6.42 Å². The predicted octanol–water partition coefficient (Wildman–Crippen LogP) is 2.27. The molecule has 0 saturated heterocycles. The maximum Gasteiger partial charge on any atom is 0.335 e. The first kappa shape index (κ1) is 11.3. The van der Waals surface area contributed by atoms with E-state index in [0.29, 0.717) is 5.57 Å². The van der Waals surface area contributed by atoms with Gasteiger partial charge >= 0.3 is 5.97 Å². The quantitative estimate of drug-likeness (QED) is 0.791. The van der Waals surface area contributed by atoms with Crippen LogP contribution in [-0.2, 0) is 9.53 Å². The Morgan fingerprint density at radius 1 is 1.35 bits per heavy atom. The number of rotatable bonds is 1. The number of aliphatic carboxylic acids is 1. The van der Waals surface area contributed by atoms with Crippen LogP contribution >= 0.6 is 0 Å². The maximum absolute atomic E-state index is 11.1. The van der Waals surface area contributed by atoms with Gasteiger partial charge in [-0.05, 0) is 29.4 Å². The number of nitrogens with zero attached hydrogens (tertiary/aromatic N) is 1. The Bertz CT molecular complexity index is 701. The Labute approximate surface area is 116 Å². The van der Waals surface area contributed by atoms with Crippen molar-refractivity contribution >= 4 is 5.97 Å². The number of hydrogen-bond acceptors (Lipinski definition) is 3. The average molecular weight is 267 g/mol. The molecule has 3 aliphatic heterocycles. The lowest BCUT2D eigenvalue weighted by Crippen LogP contribution is -2.29. The SMILES string of the molecule is O=C(O)C1=CC2=C(OC1)C1=CC=CN3CC=CC(=C13)C2. The van der Waals surface area contributed by atoms with E-state index >= 15 is 0 Å². The highest BCUT2D eigenvalue weighted by atomic mass is 16.5. The van der Waals surface area contributed by atoms with Crippen molar-refractivity contribution in [2.24, 2.45) is 0 Å². The number of ether oxygens (including phenoxy) is 1. The Morgan fingerprint density at radius 2 is 2.25 bits per heavy atom. The van der Waals surface area contributed by atoms with Crippen molar-refractivity contribution in [1.29, 1.82) is 0 Å². The molecule has 0 bridgehead atoms. The Balaban J connectivity index is 1.85. The van der Waals surface area contributed by atoms with E-state index in [2.05, 4.69) is 23.3 Å². The van der Waals surface area contributed by atoms with Crippen LogP contribution in [-0.4, -0.2) is 29.1 Å². The van der Waals surface area contributed by atoms with E-state index in [0.717, 1.165) is 29.9 Å². The van der Waals surface area contributed by atoms with Crippen molar-refractivity contribution in [3.8, 4) is 0 Å². The molecule has 4 nitrogen and oxygen atoms in total. The second kappa shape index (κ2) is 4.00. The van der Waals surface area contributed by atoms with Gasteiger partial charge in [-0.2, -0.15) is 0 Å². The van der Waals surface area contributed by atoms with Crippen molar-refractivity contribution in [2.45, 2.75) is 6.42 Å². The lowest BCUT2D eigenvalue weighted by atomic mass is 9.85. The Morgan fingerprint density at radius 3 is 3.10 bits per heavy atom. The van der Waals surface area contributed by atoms with Gasteiger partial charge in [-0.15, -0.1) is 0 Å². The number of carboxylic acids is 1. The molecule has 4 aliphatic rings. The van der Waals surface area contributed by atoms with E-state index < -0.39 is 5.97 Å². The molecule has 3 heterocycles. The summed E-state index contributed by atoms with van der Waals surface area (Å²) in [5.41, 5.74) is 4.75. The zero-order valence-electron chi connectivity index (χ0n) is 10.8. The highest BCUT2D eigenvalue weighted by Crippen LogP contribution is 2.42. The molecule has 1 N–H and O–H groups in total. The first-order chi connectivity index (χ1) is 9.74. The fourth-order valence-electron chi connectivity index (χ4n) is 3.05. The molecule has 0 fully saturated rings. The van der Waals surface area contributed by atoms with Gasteiger partial charge in [0, 0.05) is 24.7 Å². The third-order valence-corrected chi connectivity index (χ3v) is 3.91. The summed E-state index contributed by atoms with van der Waals surface area (Å²) >= 11 is 0. The van der Waals surface area contributed by atoms with Gasteiger partial charge in [0.2, 0.25) is 0 Å². The summed E-state index contributed by atoms with van der Waals surface area (Å²) in [6.07, 6.45) is 12.9. The van der Waals surface area contributed by atoms with Crippen LogP contribution in [0.3, 0.4) is 0 Å². The van der Waals surface area contributed by atoms with Crippen LogP contribution in [0.2, 0.25) is 0 Å². The molecule has 0 aromatic rings. The fraction of sp³-hybridized carbons (Fsp3) is 0.188. The number of fused-ring (bicyclic) bond motifs is 1. The standard InChI is InChI=1S/C16H13NO3/c18-16(19)12-8-11-7-10-3-1-5-17-6-2-4-13(14(10)17)15(11)20-9-12/h1-4,6,8H,5,7,9H2,(H,18,19). The third-order valence-electron chi connectivity index (χ3n) is 3.91. The van der Waals surface area contributed by atoms with Crippen molar-refractivity contribution < 1.29 is 14.6 Å². The van der Waals surface area contributed by atoms with E-state index in [-0.39, 0.29) is 6.61 Å². The third kappa shape index (κ3) is 1.51. The van der Waals surface area contributed by atoms with Crippen molar-refractivity contribution in [2.75, 3.05) is 13.2 Å². The van der Waals surface area contributed by atoms with E-state index in [1.165, 1.54) is 11.3 Å².